The molecule has 0 aliphatic carbocycles. The number of ether oxygens (including phenoxy) is 1. The van der Waals surface area contributed by atoms with Gasteiger partial charge in [-0.05, 0) is 36.4 Å². The van der Waals surface area contributed by atoms with Gasteiger partial charge in [-0.1, -0.05) is 28.1 Å². The summed E-state index contributed by atoms with van der Waals surface area (Å²) in [4.78, 5) is 38.7. The molecule has 1 saturated heterocycles. The van der Waals surface area contributed by atoms with Crippen molar-refractivity contribution in [1.82, 2.24) is 0 Å². The van der Waals surface area contributed by atoms with E-state index in [1.807, 2.05) is 0 Å². The van der Waals surface area contributed by atoms with Crippen LogP contribution in [0.1, 0.15) is 16.8 Å². The predicted octanol–water partition coefficient (Wildman–Crippen LogP) is 3.66. The van der Waals surface area contributed by atoms with Crippen molar-refractivity contribution in [2.75, 3.05) is 12.0 Å². The number of anilines is 1. The summed E-state index contributed by atoms with van der Waals surface area (Å²) in [6.07, 6.45) is 0.0923. The molecule has 0 N–H and O–H groups in total. The van der Waals surface area contributed by atoms with Gasteiger partial charge < -0.3 is 4.74 Å². The molecule has 1 atom stereocenters. The molecule has 25 heavy (non-hydrogen) atoms. The zero-order valence-electron chi connectivity index (χ0n) is 13.3. The van der Waals surface area contributed by atoms with Gasteiger partial charge in [-0.2, -0.15) is 0 Å². The molecule has 0 unspecified atom stereocenters. The first kappa shape index (κ1) is 17.7. The average molecular weight is 420 g/mol. The Bertz CT molecular complexity index is 837. The van der Waals surface area contributed by atoms with Gasteiger partial charge in [0, 0.05) is 15.8 Å². The number of hydrogen-bond donors (Lipinski definition) is 0. The van der Waals surface area contributed by atoms with Crippen LogP contribution in [0.15, 0.2) is 57.9 Å². The summed E-state index contributed by atoms with van der Waals surface area (Å²) in [6, 6.07) is 13.9. The van der Waals surface area contributed by atoms with Crippen LogP contribution in [0.3, 0.4) is 0 Å². The van der Waals surface area contributed by atoms with Gasteiger partial charge in [0.2, 0.25) is 11.8 Å². The molecule has 0 bridgehead atoms. The molecule has 2 aromatic carbocycles. The maximum Gasteiger partial charge on any atom is 0.338 e. The van der Waals surface area contributed by atoms with E-state index in [0.717, 1.165) is 4.47 Å². The number of methoxy groups -OCH3 is 1. The maximum absolute atomic E-state index is 12.7. The average Bonchev–Trinajstić information content (AvgIpc) is 2.89. The first-order valence-electron chi connectivity index (χ1n) is 7.47. The molecule has 1 fully saturated rings. The molecule has 0 saturated carbocycles. The van der Waals surface area contributed by atoms with Crippen molar-refractivity contribution in [2.45, 2.75) is 16.6 Å². The molecule has 128 valence electrons. The summed E-state index contributed by atoms with van der Waals surface area (Å²) < 4.78 is 5.64. The van der Waals surface area contributed by atoms with E-state index in [4.69, 9.17) is 4.74 Å². The normalized spacial score (nSPS) is 17.0. The number of nitrogens with zero attached hydrogens (tertiary/aromatic N) is 1. The largest absolute Gasteiger partial charge is 0.465 e. The molecule has 5 nitrogen and oxygen atoms in total. The highest BCUT2D eigenvalue weighted by Crippen LogP contribution is 2.35. The number of halogens is 1. The van der Waals surface area contributed by atoms with Crippen molar-refractivity contribution in [3.8, 4) is 0 Å². The lowest BCUT2D eigenvalue weighted by atomic mass is 10.2. The Kier molecular flexibility index (Phi) is 5.24. The lowest BCUT2D eigenvalue weighted by molar-refractivity contribution is -0.121. The summed E-state index contributed by atoms with van der Waals surface area (Å²) in [6.45, 7) is 0. The van der Waals surface area contributed by atoms with E-state index in [0.29, 0.717) is 16.1 Å². The zero-order valence-corrected chi connectivity index (χ0v) is 15.7. The van der Waals surface area contributed by atoms with E-state index in [1.54, 1.807) is 48.5 Å². The van der Waals surface area contributed by atoms with Crippen molar-refractivity contribution in [1.29, 1.82) is 0 Å². The molecule has 2 amide bonds. The highest BCUT2D eigenvalue weighted by Gasteiger charge is 2.40. The van der Waals surface area contributed by atoms with Crippen molar-refractivity contribution in [2.24, 2.45) is 0 Å². The number of amides is 2. The molecule has 3 rings (SSSR count). The van der Waals surface area contributed by atoms with Crippen LogP contribution in [0.5, 0.6) is 0 Å². The fraction of sp³-hybridized carbons (Fsp3) is 0.167. The summed E-state index contributed by atoms with van der Waals surface area (Å²) in [5.41, 5.74) is 0.930. The van der Waals surface area contributed by atoms with E-state index in [-0.39, 0.29) is 18.2 Å². The first-order chi connectivity index (χ1) is 12.0. The van der Waals surface area contributed by atoms with Gasteiger partial charge in [0.05, 0.1) is 23.6 Å². The van der Waals surface area contributed by atoms with Crippen LogP contribution in [0.4, 0.5) is 5.69 Å². The number of benzene rings is 2. The van der Waals surface area contributed by atoms with Crippen molar-refractivity contribution in [3.63, 3.8) is 0 Å². The third-order valence-corrected chi connectivity index (χ3v) is 5.54. The minimum absolute atomic E-state index is 0.0923. The molecule has 1 aliphatic heterocycles. The second-order valence-corrected chi connectivity index (χ2v) is 7.50. The number of rotatable bonds is 4. The standard InChI is InChI=1S/C18H14BrNO4S/c1-24-18(23)13-4-2-3-5-14(13)25-15-10-16(21)20(17(15)22)12-8-6-11(19)7-9-12/h2-9,15H,10H2,1H3/t15-/m0/s1. The summed E-state index contributed by atoms with van der Waals surface area (Å²) in [5.74, 6) is -0.998. The Labute approximate surface area is 157 Å². The first-order valence-corrected chi connectivity index (χ1v) is 9.15. The van der Waals surface area contributed by atoms with Crippen molar-refractivity contribution >= 4 is 51.2 Å². The monoisotopic (exact) mass is 419 g/mol. The number of carbonyl (C=O) groups excluding carboxylic acids is 3. The zero-order chi connectivity index (χ0) is 18.0. The van der Waals surface area contributed by atoms with Gasteiger partial charge >= 0.3 is 5.97 Å². The highest BCUT2D eigenvalue weighted by atomic mass is 79.9. The molecule has 0 radical (unpaired) electrons. The van der Waals surface area contributed by atoms with Crippen molar-refractivity contribution in [3.05, 3.63) is 58.6 Å². The van der Waals surface area contributed by atoms with Crippen LogP contribution in [-0.4, -0.2) is 30.1 Å². The highest BCUT2D eigenvalue weighted by molar-refractivity contribution is 9.10. The molecule has 0 spiro atoms. The van der Waals surface area contributed by atoms with Crippen LogP contribution in [0.2, 0.25) is 0 Å². The quantitative estimate of drug-likeness (QED) is 0.558. The van der Waals surface area contributed by atoms with Crippen LogP contribution >= 0.6 is 27.7 Å². The van der Waals surface area contributed by atoms with E-state index < -0.39 is 11.2 Å². The van der Waals surface area contributed by atoms with Crippen LogP contribution in [0, 0.1) is 0 Å². The van der Waals surface area contributed by atoms with Crippen molar-refractivity contribution < 1.29 is 19.1 Å². The molecule has 7 heteroatoms. The second kappa shape index (κ2) is 7.41. The molecule has 0 aromatic heterocycles. The summed E-state index contributed by atoms with van der Waals surface area (Å²) in [7, 11) is 1.31. The third-order valence-electron chi connectivity index (χ3n) is 3.75. The van der Waals surface area contributed by atoms with Gasteiger partial charge in [-0.15, -0.1) is 11.8 Å². The Morgan fingerprint density at radius 1 is 1.16 bits per heavy atom. The van der Waals surface area contributed by atoms with Gasteiger partial charge in [0.15, 0.2) is 0 Å². The fourth-order valence-electron chi connectivity index (χ4n) is 2.56. The summed E-state index contributed by atoms with van der Waals surface area (Å²) in [5, 5.41) is -0.568. The second-order valence-electron chi connectivity index (χ2n) is 5.34. The maximum atomic E-state index is 12.7. The lowest BCUT2D eigenvalue weighted by Gasteiger charge is -2.15. The number of imide groups is 1. The third kappa shape index (κ3) is 3.62. The Hall–Kier alpha value is -2.12. The Balaban J connectivity index is 1.84. The van der Waals surface area contributed by atoms with Gasteiger partial charge in [-0.3, -0.25) is 9.59 Å². The Morgan fingerprint density at radius 3 is 2.52 bits per heavy atom. The molecular formula is C18H14BrNO4S. The molecule has 1 heterocycles. The number of thioether (sulfide) groups is 1. The lowest BCUT2D eigenvalue weighted by Crippen LogP contribution is -2.31. The van der Waals surface area contributed by atoms with Gasteiger partial charge in [0.1, 0.15) is 0 Å². The SMILES string of the molecule is COC(=O)c1ccccc1S[C@H]1CC(=O)N(c2ccc(Br)cc2)C1=O. The molecule has 1 aliphatic rings. The Morgan fingerprint density at radius 2 is 1.84 bits per heavy atom. The molecule has 2 aromatic rings. The van der Waals surface area contributed by atoms with Crippen LogP contribution in [-0.2, 0) is 14.3 Å². The topological polar surface area (TPSA) is 63.7 Å². The van der Waals surface area contributed by atoms with E-state index in [2.05, 4.69) is 15.9 Å². The minimum Gasteiger partial charge on any atom is -0.465 e. The van der Waals surface area contributed by atoms with Crippen LogP contribution < -0.4 is 4.90 Å². The fourth-order valence-corrected chi connectivity index (χ4v) is 4.00. The number of hydrogen-bond acceptors (Lipinski definition) is 5. The van der Waals surface area contributed by atoms with E-state index >= 15 is 0 Å². The van der Waals surface area contributed by atoms with Gasteiger partial charge in [0.25, 0.3) is 0 Å². The number of esters is 1. The van der Waals surface area contributed by atoms with Gasteiger partial charge in [-0.25, -0.2) is 9.69 Å². The number of carbonyl (C=O) groups is 3. The summed E-state index contributed by atoms with van der Waals surface area (Å²) >= 11 is 4.55. The van der Waals surface area contributed by atoms with E-state index in [9.17, 15) is 14.4 Å². The minimum atomic E-state index is -0.568. The molecular weight excluding hydrogens is 406 g/mol. The predicted molar refractivity (Wildman–Crippen MR) is 98.7 cm³/mol. The van der Waals surface area contributed by atoms with Crippen LogP contribution in [0.25, 0.3) is 0 Å². The smallest absolute Gasteiger partial charge is 0.338 e. The van der Waals surface area contributed by atoms with E-state index in [1.165, 1.54) is 23.8 Å².